The standard InChI is InChI=1S/C19H20FNO5/c1-5-25-19(24)15-10(2)16(21-11(15)3)17(22)12(4)26-18(23)13-8-6-7-9-14(13)20/h6-9,12,21H,5H2,1-4H3/t12-/m0/s1. The second-order valence-corrected chi connectivity index (χ2v) is 5.74. The van der Waals surface area contributed by atoms with Gasteiger partial charge in [0.2, 0.25) is 5.78 Å². The summed E-state index contributed by atoms with van der Waals surface area (Å²) >= 11 is 0. The first-order chi connectivity index (χ1) is 12.3. The van der Waals surface area contributed by atoms with Crippen LogP contribution in [0.3, 0.4) is 0 Å². The van der Waals surface area contributed by atoms with Crippen LogP contribution in [0.5, 0.6) is 0 Å². The zero-order chi connectivity index (χ0) is 19.4. The number of ketones is 1. The number of esters is 2. The number of nitrogens with one attached hydrogen (secondary N) is 1. The topological polar surface area (TPSA) is 85.5 Å². The summed E-state index contributed by atoms with van der Waals surface area (Å²) in [5.74, 6) is -2.72. The molecule has 2 rings (SSSR count). The second kappa shape index (κ2) is 7.95. The number of halogens is 1. The third-order valence-corrected chi connectivity index (χ3v) is 3.91. The van der Waals surface area contributed by atoms with E-state index in [1.807, 2.05) is 0 Å². The fourth-order valence-electron chi connectivity index (χ4n) is 2.61. The van der Waals surface area contributed by atoms with E-state index in [9.17, 15) is 18.8 Å². The van der Waals surface area contributed by atoms with Crippen molar-refractivity contribution in [2.45, 2.75) is 33.8 Å². The average molecular weight is 361 g/mol. The Morgan fingerprint density at radius 3 is 2.42 bits per heavy atom. The van der Waals surface area contributed by atoms with Crippen LogP contribution in [0.1, 0.15) is 56.3 Å². The molecule has 1 heterocycles. The fraction of sp³-hybridized carbons (Fsp3) is 0.316. The molecule has 26 heavy (non-hydrogen) atoms. The molecule has 0 aliphatic heterocycles. The molecule has 0 bridgehead atoms. The van der Waals surface area contributed by atoms with Crippen molar-refractivity contribution in [2.75, 3.05) is 6.61 Å². The maximum absolute atomic E-state index is 13.7. The number of hydrogen-bond donors (Lipinski definition) is 1. The summed E-state index contributed by atoms with van der Waals surface area (Å²) < 4.78 is 23.7. The number of aromatic amines is 1. The van der Waals surface area contributed by atoms with E-state index in [0.717, 1.165) is 6.07 Å². The number of aromatic nitrogens is 1. The van der Waals surface area contributed by atoms with Crippen molar-refractivity contribution in [1.82, 2.24) is 4.98 Å². The van der Waals surface area contributed by atoms with Crippen LogP contribution >= 0.6 is 0 Å². The number of carbonyl (C=O) groups is 3. The van der Waals surface area contributed by atoms with Gasteiger partial charge in [-0.05, 0) is 45.4 Å². The van der Waals surface area contributed by atoms with Crippen LogP contribution in [0.15, 0.2) is 24.3 Å². The highest BCUT2D eigenvalue weighted by Gasteiger charge is 2.28. The Balaban J connectivity index is 2.21. The molecule has 0 saturated carbocycles. The maximum atomic E-state index is 13.7. The van der Waals surface area contributed by atoms with E-state index in [1.54, 1.807) is 20.8 Å². The lowest BCUT2D eigenvalue weighted by atomic mass is 10.1. The number of Topliss-reactive ketones (excluding diaryl/α,β-unsaturated/α-hetero) is 1. The van der Waals surface area contributed by atoms with Gasteiger partial charge in [0.15, 0.2) is 6.10 Å². The lowest BCUT2D eigenvalue weighted by molar-refractivity contribution is 0.0312. The first-order valence-electron chi connectivity index (χ1n) is 8.13. The van der Waals surface area contributed by atoms with Gasteiger partial charge < -0.3 is 14.5 Å². The molecule has 1 aromatic carbocycles. The van der Waals surface area contributed by atoms with Crippen molar-refractivity contribution >= 4 is 17.7 Å². The lowest BCUT2D eigenvalue weighted by Gasteiger charge is -2.12. The SMILES string of the molecule is CCOC(=O)c1c(C)[nH]c(C(=O)[C@H](C)OC(=O)c2ccccc2F)c1C. The van der Waals surface area contributed by atoms with E-state index < -0.39 is 29.6 Å². The zero-order valence-electron chi connectivity index (χ0n) is 15.0. The molecule has 7 heteroatoms. The third kappa shape index (κ3) is 3.82. The quantitative estimate of drug-likeness (QED) is 0.630. The van der Waals surface area contributed by atoms with Crippen LogP contribution in [0.2, 0.25) is 0 Å². The van der Waals surface area contributed by atoms with E-state index in [-0.39, 0.29) is 23.4 Å². The summed E-state index contributed by atoms with van der Waals surface area (Å²) in [5.41, 5.74) is 1.08. The minimum absolute atomic E-state index is 0.152. The Kier molecular flexibility index (Phi) is 5.92. The van der Waals surface area contributed by atoms with Gasteiger partial charge in [-0.1, -0.05) is 12.1 Å². The molecule has 0 aliphatic rings. The molecule has 1 aromatic heterocycles. The highest BCUT2D eigenvalue weighted by molar-refractivity contribution is 6.04. The van der Waals surface area contributed by atoms with Crippen molar-refractivity contribution < 1.29 is 28.2 Å². The van der Waals surface area contributed by atoms with E-state index in [0.29, 0.717) is 11.3 Å². The molecule has 0 spiro atoms. The molecule has 1 atom stereocenters. The van der Waals surface area contributed by atoms with Crippen LogP contribution in [0.25, 0.3) is 0 Å². The Labute approximate surface area is 150 Å². The smallest absolute Gasteiger partial charge is 0.341 e. The first kappa shape index (κ1) is 19.4. The molecular formula is C19H20FNO5. The molecule has 0 amide bonds. The van der Waals surface area contributed by atoms with Crippen molar-refractivity contribution in [3.8, 4) is 0 Å². The molecule has 0 aliphatic carbocycles. The molecule has 0 saturated heterocycles. The Bertz CT molecular complexity index is 856. The number of ether oxygens (including phenoxy) is 2. The summed E-state index contributed by atoms with van der Waals surface area (Å²) in [6.45, 7) is 6.54. The summed E-state index contributed by atoms with van der Waals surface area (Å²) in [7, 11) is 0. The Morgan fingerprint density at radius 1 is 1.15 bits per heavy atom. The molecule has 0 radical (unpaired) electrons. The monoisotopic (exact) mass is 361 g/mol. The molecule has 0 fully saturated rings. The van der Waals surface area contributed by atoms with Gasteiger partial charge in [0.05, 0.1) is 23.4 Å². The molecule has 1 N–H and O–H groups in total. The normalized spacial score (nSPS) is 11.7. The van der Waals surface area contributed by atoms with E-state index in [2.05, 4.69) is 4.98 Å². The highest BCUT2D eigenvalue weighted by atomic mass is 19.1. The van der Waals surface area contributed by atoms with Gasteiger partial charge in [-0.15, -0.1) is 0 Å². The number of H-pyrrole nitrogens is 1. The van der Waals surface area contributed by atoms with Crippen molar-refractivity contribution in [2.24, 2.45) is 0 Å². The van der Waals surface area contributed by atoms with Gasteiger partial charge in [-0.3, -0.25) is 4.79 Å². The third-order valence-electron chi connectivity index (χ3n) is 3.91. The summed E-state index contributed by atoms with van der Waals surface area (Å²) in [4.78, 5) is 39.5. The lowest BCUT2D eigenvalue weighted by Crippen LogP contribution is -2.25. The number of rotatable bonds is 6. The van der Waals surface area contributed by atoms with Crippen molar-refractivity contribution in [1.29, 1.82) is 0 Å². The van der Waals surface area contributed by atoms with Crippen LogP contribution in [0.4, 0.5) is 4.39 Å². The molecule has 0 unspecified atom stereocenters. The minimum atomic E-state index is -1.16. The van der Waals surface area contributed by atoms with E-state index in [4.69, 9.17) is 9.47 Å². The number of benzene rings is 1. The average Bonchev–Trinajstić information content (AvgIpc) is 2.89. The van der Waals surface area contributed by atoms with Gasteiger partial charge in [0, 0.05) is 5.69 Å². The van der Waals surface area contributed by atoms with E-state index in [1.165, 1.54) is 25.1 Å². The van der Waals surface area contributed by atoms with Gasteiger partial charge in [0.25, 0.3) is 0 Å². The van der Waals surface area contributed by atoms with Crippen molar-refractivity contribution in [3.63, 3.8) is 0 Å². The van der Waals surface area contributed by atoms with Crippen LogP contribution in [-0.4, -0.2) is 35.4 Å². The predicted octanol–water partition coefficient (Wildman–Crippen LogP) is 3.38. The Morgan fingerprint density at radius 2 is 1.81 bits per heavy atom. The molecule has 138 valence electrons. The Hall–Kier alpha value is -2.96. The maximum Gasteiger partial charge on any atom is 0.341 e. The number of carbonyl (C=O) groups excluding carboxylic acids is 3. The number of aryl methyl sites for hydroxylation is 1. The van der Waals surface area contributed by atoms with Gasteiger partial charge in [-0.25, -0.2) is 14.0 Å². The van der Waals surface area contributed by atoms with Crippen LogP contribution < -0.4 is 0 Å². The predicted molar refractivity (Wildman–Crippen MR) is 91.8 cm³/mol. The second-order valence-electron chi connectivity index (χ2n) is 5.74. The van der Waals surface area contributed by atoms with Gasteiger partial charge in [-0.2, -0.15) is 0 Å². The van der Waals surface area contributed by atoms with Gasteiger partial charge >= 0.3 is 11.9 Å². The van der Waals surface area contributed by atoms with Gasteiger partial charge in [0.1, 0.15) is 5.82 Å². The summed E-state index contributed by atoms with van der Waals surface area (Å²) in [6, 6.07) is 5.35. The summed E-state index contributed by atoms with van der Waals surface area (Å²) in [5, 5.41) is 0. The zero-order valence-corrected chi connectivity index (χ0v) is 15.0. The first-order valence-corrected chi connectivity index (χ1v) is 8.13. The number of hydrogen-bond acceptors (Lipinski definition) is 5. The molecule has 6 nitrogen and oxygen atoms in total. The highest BCUT2D eigenvalue weighted by Crippen LogP contribution is 2.21. The van der Waals surface area contributed by atoms with Crippen LogP contribution in [-0.2, 0) is 9.47 Å². The fourth-order valence-corrected chi connectivity index (χ4v) is 2.61. The van der Waals surface area contributed by atoms with Crippen molar-refractivity contribution in [3.05, 3.63) is 58.2 Å². The summed E-state index contributed by atoms with van der Waals surface area (Å²) in [6.07, 6.45) is -1.16. The van der Waals surface area contributed by atoms with E-state index >= 15 is 0 Å². The minimum Gasteiger partial charge on any atom is -0.462 e. The molecule has 2 aromatic rings. The molecular weight excluding hydrogens is 341 g/mol. The van der Waals surface area contributed by atoms with Crippen LogP contribution in [0, 0.1) is 19.7 Å². The largest absolute Gasteiger partial charge is 0.462 e.